The second-order valence-electron chi connectivity index (χ2n) is 8.57. The molecule has 1 N–H and O–H groups in total. The van der Waals surface area contributed by atoms with E-state index in [2.05, 4.69) is 4.74 Å². The summed E-state index contributed by atoms with van der Waals surface area (Å²) < 4.78 is 58.5. The molecule has 0 radical (unpaired) electrons. The van der Waals surface area contributed by atoms with E-state index in [1.165, 1.54) is 24.3 Å². The van der Waals surface area contributed by atoms with E-state index >= 15 is 0 Å². The van der Waals surface area contributed by atoms with Crippen molar-refractivity contribution in [3.05, 3.63) is 59.7 Å². The third kappa shape index (κ3) is 11.0. The number of carboxylic acids is 1. The van der Waals surface area contributed by atoms with Crippen LogP contribution in [-0.2, 0) is 18.1 Å². The maximum atomic E-state index is 12.3. The van der Waals surface area contributed by atoms with Crippen molar-refractivity contribution in [2.45, 2.75) is 65.3 Å². The van der Waals surface area contributed by atoms with Crippen LogP contribution in [0.5, 0.6) is 5.75 Å². The SMILES string of the molecule is CCO[Si](CCCCCC/C(=C\c1ccc(-c2ccc(OC(F)(F)F)cc2)cc1)C(=O)O)(OCC)OCC. The van der Waals surface area contributed by atoms with E-state index in [-0.39, 0.29) is 5.75 Å². The summed E-state index contributed by atoms with van der Waals surface area (Å²) in [5.74, 6) is -1.24. The van der Waals surface area contributed by atoms with Crippen LogP contribution in [0.4, 0.5) is 13.2 Å². The van der Waals surface area contributed by atoms with Crippen molar-refractivity contribution >= 4 is 20.8 Å². The third-order valence-electron chi connectivity index (χ3n) is 5.72. The molecule has 210 valence electrons. The first-order chi connectivity index (χ1) is 18.1. The molecule has 0 spiro atoms. The van der Waals surface area contributed by atoms with Gasteiger partial charge in [-0.15, -0.1) is 13.2 Å². The van der Waals surface area contributed by atoms with Crippen LogP contribution in [0.15, 0.2) is 54.1 Å². The largest absolute Gasteiger partial charge is 0.573 e. The van der Waals surface area contributed by atoms with Gasteiger partial charge in [-0.2, -0.15) is 0 Å². The van der Waals surface area contributed by atoms with Crippen LogP contribution in [0.2, 0.25) is 6.04 Å². The number of unbranched alkanes of at least 4 members (excludes halogenated alkanes) is 3. The van der Waals surface area contributed by atoms with Gasteiger partial charge >= 0.3 is 21.1 Å². The topological polar surface area (TPSA) is 74.2 Å². The molecule has 0 unspecified atom stereocenters. The summed E-state index contributed by atoms with van der Waals surface area (Å²) in [5.41, 5.74) is 2.58. The Bertz CT molecular complexity index is 990. The fraction of sp³-hybridized carbons (Fsp3) is 0.464. The minimum atomic E-state index is -4.73. The highest BCUT2D eigenvalue weighted by Gasteiger charge is 2.39. The first kappa shape index (κ1) is 31.6. The summed E-state index contributed by atoms with van der Waals surface area (Å²) in [6, 6.07) is 13.5. The molecule has 0 saturated heterocycles. The molecule has 2 rings (SSSR count). The lowest BCUT2D eigenvalue weighted by molar-refractivity contribution is -0.274. The average molecular weight is 555 g/mol. The van der Waals surface area contributed by atoms with Crippen LogP contribution >= 0.6 is 0 Å². The van der Waals surface area contributed by atoms with Gasteiger partial charge in [0.05, 0.1) is 0 Å². The predicted molar refractivity (Wildman–Crippen MR) is 143 cm³/mol. The van der Waals surface area contributed by atoms with Crippen LogP contribution in [0.1, 0.15) is 58.4 Å². The third-order valence-corrected chi connectivity index (χ3v) is 8.87. The molecule has 0 aliphatic rings. The lowest BCUT2D eigenvalue weighted by atomic mass is 10.0. The fourth-order valence-electron chi connectivity index (χ4n) is 4.07. The summed E-state index contributed by atoms with van der Waals surface area (Å²) >= 11 is 0. The van der Waals surface area contributed by atoms with Crippen LogP contribution in [0.3, 0.4) is 0 Å². The molecule has 0 atom stereocenters. The first-order valence-corrected chi connectivity index (χ1v) is 14.9. The van der Waals surface area contributed by atoms with Crippen LogP contribution < -0.4 is 4.74 Å². The van der Waals surface area contributed by atoms with Crippen LogP contribution in [0.25, 0.3) is 17.2 Å². The summed E-state index contributed by atoms with van der Waals surface area (Å²) in [6.07, 6.45) is 0.814. The van der Waals surface area contributed by atoms with Gasteiger partial charge in [0.25, 0.3) is 0 Å². The van der Waals surface area contributed by atoms with E-state index in [1.807, 2.05) is 20.8 Å². The van der Waals surface area contributed by atoms with E-state index in [0.717, 1.165) is 48.4 Å². The maximum Gasteiger partial charge on any atom is 0.573 e. The van der Waals surface area contributed by atoms with Crippen molar-refractivity contribution in [3.63, 3.8) is 0 Å². The number of benzene rings is 2. The maximum absolute atomic E-state index is 12.3. The van der Waals surface area contributed by atoms with E-state index in [9.17, 15) is 23.1 Å². The van der Waals surface area contributed by atoms with Crippen molar-refractivity contribution < 1.29 is 41.1 Å². The Morgan fingerprint density at radius 2 is 1.32 bits per heavy atom. The molecule has 0 saturated carbocycles. The van der Waals surface area contributed by atoms with Gasteiger partial charge in [0, 0.05) is 31.4 Å². The molecule has 0 amide bonds. The first-order valence-electron chi connectivity index (χ1n) is 12.9. The number of carbonyl (C=O) groups is 1. The Morgan fingerprint density at radius 3 is 1.79 bits per heavy atom. The fourth-order valence-corrected chi connectivity index (χ4v) is 6.76. The normalized spacial score (nSPS) is 12.5. The molecule has 0 bridgehead atoms. The van der Waals surface area contributed by atoms with E-state index < -0.39 is 21.1 Å². The van der Waals surface area contributed by atoms with Gasteiger partial charge in [-0.25, -0.2) is 4.79 Å². The predicted octanol–water partition coefficient (Wildman–Crippen LogP) is 7.72. The number of alkyl halides is 3. The molecular weight excluding hydrogens is 517 g/mol. The number of hydrogen-bond donors (Lipinski definition) is 1. The Balaban J connectivity index is 1.90. The number of rotatable bonds is 17. The zero-order valence-corrected chi connectivity index (χ0v) is 23.2. The Labute approximate surface area is 223 Å². The highest BCUT2D eigenvalue weighted by molar-refractivity contribution is 6.60. The molecule has 10 heteroatoms. The number of hydrogen-bond acceptors (Lipinski definition) is 5. The van der Waals surface area contributed by atoms with Gasteiger partial charge in [-0.1, -0.05) is 49.2 Å². The lowest BCUT2D eigenvalue weighted by Crippen LogP contribution is -2.45. The summed E-state index contributed by atoms with van der Waals surface area (Å²) in [5, 5.41) is 9.66. The van der Waals surface area contributed by atoms with Gasteiger partial charge in [0.2, 0.25) is 0 Å². The van der Waals surface area contributed by atoms with Crippen molar-refractivity contribution in [1.29, 1.82) is 0 Å². The molecule has 2 aromatic carbocycles. The average Bonchev–Trinajstić information content (AvgIpc) is 2.86. The molecule has 0 aliphatic heterocycles. The molecule has 38 heavy (non-hydrogen) atoms. The van der Waals surface area contributed by atoms with Crippen LogP contribution in [-0.4, -0.2) is 46.1 Å². The van der Waals surface area contributed by atoms with Crippen molar-refractivity contribution in [3.8, 4) is 16.9 Å². The zero-order chi connectivity index (χ0) is 28.0. The summed E-state index contributed by atoms with van der Waals surface area (Å²) in [4.78, 5) is 11.8. The van der Waals surface area contributed by atoms with Crippen molar-refractivity contribution in [2.75, 3.05) is 19.8 Å². The Hall–Kier alpha value is -2.66. The molecule has 2 aromatic rings. The Morgan fingerprint density at radius 1 is 0.816 bits per heavy atom. The highest BCUT2D eigenvalue weighted by Crippen LogP contribution is 2.27. The van der Waals surface area contributed by atoms with Crippen molar-refractivity contribution in [1.82, 2.24) is 0 Å². The summed E-state index contributed by atoms with van der Waals surface area (Å²) in [6.45, 7) is 7.43. The van der Waals surface area contributed by atoms with E-state index in [0.29, 0.717) is 31.8 Å². The quantitative estimate of drug-likeness (QED) is 0.123. The van der Waals surface area contributed by atoms with Gasteiger partial charge in [-0.3, -0.25) is 0 Å². The number of halogens is 3. The number of carboxylic acid groups (broad SMARTS) is 1. The summed E-state index contributed by atoms with van der Waals surface area (Å²) in [7, 11) is -2.65. The second kappa shape index (κ2) is 15.7. The van der Waals surface area contributed by atoms with Crippen LogP contribution in [0, 0.1) is 0 Å². The Kier molecular flexibility index (Phi) is 13.0. The molecule has 0 aliphatic carbocycles. The molecule has 0 aromatic heterocycles. The van der Waals surface area contributed by atoms with E-state index in [1.54, 1.807) is 30.3 Å². The van der Waals surface area contributed by atoms with Crippen molar-refractivity contribution in [2.24, 2.45) is 0 Å². The number of ether oxygens (including phenoxy) is 1. The molecular formula is C28H37F3O6Si. The highest BCUT2D eigenvalue weighted by atomic mass is 28.4. The monoisotopic (exact) mass is 554 g/mol. The minimum Gasteiger partial charge on any atom is -0.478 e. The van der Waals surface area contributed by atoms with Gasteiger partial charge in [0.1, 0.15) is 5.75 Å². The van der Waals surface area contributed by atoms with E-state index in [4.69, 9.17) is 13.3 Å². The lowest BCUT2D eigenvalue weighted by Gasteiger charge is -2.28. The number of aliphatic carboxylic acids is 1. The zero-order valence-electron chi connectivity index (χ0n) is 22.2. The van der Waals surface area contributed by atoms with Gasteiger partial charge in [-0.05, 0) is 74.9 Å². The van der Waals surface area contributed by atoms with Gasteiger partial charge < -0.3 is 23.1 Å². The second-order valence-corrected chi connectivity index (χ2v) is 11.3. The molecule has 0 fully saturated rings. The van der Waals surface area contributed by atoms with Gasteiger partial charge in [0.15, 0.2) is 0 Å². The minimum absolute atomic E-state index is 0.286. The standard InChI is InChI=1S/C28H37F3O6Si/c1-4-34-38(35-5-2,36-6-3)20-10-8-7-9-11-25(27(32)33)21-22-12-14-23(15-13-22)24-16-18-26(19-17-24)37-28(29,30)31/h12-19,21H,4-11,20H2,1-3H3,(H,32,33)/b25-21+. The smallest absolute Gasteiger partial charge is 0.478 e. The molecule has 6 nitrogen and oxygen atoms in total. The molecule has 0 heterocycles.